The molecule has 3 heterocycles. The zero-order chi connectivity index (χ0) is 19.7. The minimum Gasteiger partial charge on any atom is -0.341 e. The Labute approximate surface area is 170 Å². The van der Waals surface area contributed by atoms with E-state index in [0.29, 0.717) is 30.8 Å². The SMILES string of the molecule is O=C(CN1C(=O)C2C3C=CC(C4CC34)C2C1=O)N1CCC(c2ccncc2)CC1. The standard InChI is InChI=1S/C23H25N3O3/c27-19(25-9-5-14(6-10-25)13-3-7-24-8-4-13)12-26-22(28)20-15-1-2-16(18-11-17(15)18)21(20)23(26)29/h1-4,7-8,14-18,20-21H,5-6,9-12H2. The molecule has 4 fully saturated rings. The van der Waals surface area contributed by atoms with Crippen LogP contribution in [-0.2, 0) is 14.4 Å². The molecule has 1 aromatic rings. The highest BCUT2D eigenvalue weighted by Crippen LogP contribution is 2.65. The van der Waals surface area contributed by atoms with Crippen molar-refractivity contribution >= 4 is 17.7 Å². The normalized spacial score (nSPS) is 37.7. The van der Waals surface area contributed by atoms with Crippen LogP contribution >= 0.6 is 0 Å². The molecule has 29 heavy (non-hydrogen) atoms. The van der Waals surface area contributed by atoms with Gasteiger partial charge in [-0.15, -0.1) is 0 Å². The lowest BCUT2D eigenvalue weighted by Gasteiger charge is -2.37. The number of carbonyl (C=O) groups excluding carboxylic acids is 3. The molecule has 6 heteroatoms. The number of aromatic nitrogens is 1. The quantitative estimate of drug-likeness (QED) is 0.582. The summed E-state index contributed by atoms with van der Waals surface area (Å²) in [7, 11) is 0. The van der Waals surface area contributed by atoms with Crippen LogP contribution in [0.5, 0.6) is 0 Å². The number of piperidine rings is 1. The molecule has 7 rings (SSSR count). The largest absolute Gasteiger partial charge is 0.341 e. The molecule has 2 bridgehead atoms. The van der Waals surface area contributed by atoms with Gasteiger partial charge in [-0.05, 0) is 66.5 Å². The zero-order valence-electron chi connectivity index (χ0n) is 16.3. The molecular weight excluding hydrogens is 366 g/mol. The molecule has 0 radical (unpaired) electrons. The van der Waals surface area contributed by atoms with E-state index in [2.05, 4.69) is 17.1 Å². The van der Waals surface area contributed by atoms with Gasteiger partial charge in [-0.25, -0.2) is 0 Å². The van der Waals surface area contributed by atoms with Gasteiger partial charge >= 0.3 is 0 Å². The van der Waals surface area contributed by atoms with Gasteiger partial charge in [-0.3, -0.25) is 24.3 Å². The monoisotopic (exact) mass is 391 g/mol. The Bertz CT molecular complexity index is 869. The van der Waals surface area contributed by atoms with E-state index in [4.69, 9.17) is 0 Å². The molecule has 4 aliphatic carbocycles. The maximum Gasteiger partial charge on any atom is 0.242 e. The molecule has 1 aromatic heterocycles. The Morgan fingerprint density at radius 2 is 1.55 bits per heavy atom. The minimum atomic E-state index is -0.216. The molecule has 150 valence electrons. The second-order valence-corrected chi connectivity index (χ2v) is 9.35. The third-order valence-electron chi connectivity index (χ3n) is 8.07. The summed E-state index contributed by atoms with van der Waals surface area (Å²) >= 11 is 0. The number of carbonyl (C=O) groups is 3. The first-order valence-electron chi connectivity index (χ1n) is 10.8. The van der Waals surface area contributed by atoms with Crippen molar-refractivity contribution in [3.63, 3.8) is 0 Å². The summed E-state index contributed by atoms with van der Waals surface area (Å²) in [5, 5.41) is 0. The molecule has 0 N–H and O–H groups in total. The molecule has 6 atom stereocenters. The lowest BCUT2D eigenvalue weighted by molar-refractivity contribution is -0.147. The van der Waals surface area contributed by atoms with Gasteiger partial charge in [0.15, 0.2) is 0 Å². The lowest BCUT2D eigenvalue weighted by atomic mass is 9.63. The molecule has 6 nitrogen and oxygen atoms in total. The summed E-state index contributed by atoms with van der Waals surface area (Å²) in [4.78, 5) is 46.2. The fourth-order valence-electron chi connectivity index (χ4n) is 6.51. The number of rotatable bonds is 3. The number of likely N-dealkylation sites (tertiary alicyclic amines) is 2. The Kier molecular flexibility index (Phi) is 3.74. The van der Waals surface area contributed by atoms with E-state index in [0.717, 1.165) is 19.3 Å². The second-order valence-electron chi connectivity index (χ2n) is 9.35. The first-order valence-corrected chi connectivity index (χ1v) is 10.8. The number of nitrogens with zero attached hydrogens (tertiary/aromatic N) is 3. The first kappa shape index (κ1) is 17.4. The highest BCUT2D eigenvalue weighted by atomic mass is 16.2. The van der Waals surface area contributed by atoms with Crippen LogP contribution in [0.25, 0.3) is 0 Å². The van der Waals surface area contributed by atoms with Crippen LogP contribution in [-0.4, -0.2) is 52.1 Å². The third-order valence-corrected chi connectivity index (χ3v) is 8.07. The fraction of sp³-hybridized carbons (Fsp3) is 0.565. The van der Waals surface area contributed by atoms with E-state index in [9.17, 15) is 14.4 Å². The maximum absolute atomic E-state index is 13.1. The van der Waals surface area contributed by atoms with E-state index >= 15 is 0 Å². The van der Waals surface area contributed by atoms with Crippen LogP contribution < -0.4 is 0 Å². The Morgan fingerprint density at radius 3 is 2.14 bits per heavy atom. The van der Waals surface area contributed by atoms with E-state index in [1.54, 1.807) is 0 Å². The average Bonchev–Trinajstić information content (AvgIpc) is 3.55. The predicted molar refractivity (Wildman–Crippen MR) is 104 cm³/mol. The van der Waals surface area contributed by atoms with E-state index < -0.39 is 0 Å². The van der Waals surface area contributed by atoms with Crippen LogP contribution in [0, 0.1) is 35.5 Å². The van der Waals surface area contributed by atoms with Gasteiger partial charge in [0.25, 0.3) is 0 Å². The number of pyridine rings is 1. The van der Waals surface area contributed by atoms with Crippen molar-refractivity contribution in [1.82, 2.24) is 14.8 Å². The van der Waals surface area contributed by atoms with Crippen LogP contribution in [0.2, 0.25) is 0 Å². The Balaban J connectivity index is 1.11. The molecule has 6 aliphatic rings. The molecular formula is C23H25N3O3. The van der Waals surface area contributed by atoms with E-state index in [-0.39, 0.29) is 47.9 Å². The van der Waals surface area contributed by atoms with Gasteiger partial charge in [0.1, 0.15) is 6.54 Å². The van der Waals surface area contributed by atoms with Gasteiger partial charge < -0.3 is 4.90 Å². The van der Waals surface area contributed by atoms with Gasteiger partial charge in [0.2, 0.25) is 17.7 Å². The maximum atomic E-state index is 13.1. The fourth-order valence-corrected chi connectivity index (χ4v) is 6.51. The molecule has 6 unspecified atom stereocenters. The van der Waals surface area contributed by atoms with Gasteiger partial charge in [-0.1, -0.05) is 12.2 Å². The van der Waals surface area contributed by atoms with Crippen LogP contribution in [0.3, 0.4) is 0 Å². The van der Waals surface area contributed by atoms with Gasteiger partial charge in [-0.2, -0.15) is 0 Å². The second kappa shape index (κ2) is 6.25. The van der Waals surface area contributed by atoms with Gasteiger partial charge in [0.05, 0.1) is 11.8 Å². The molecule has 2 saturated carbocycles. The minimum absolute atomic E-state index is 0.0840. The van der Waals surface area contributed by atoms with Crippen molar-refractivity contribution in [3.05, 3.63) is 42.2 Å². The highest BCUT2D eigenvalue weighted by Gasteiger charge is 2.67. The van der Waals surface area contributed by atoms with Crippen LogP contribution in [0.1, 0.15) is 30.7 Å². The number of hydrogen-bond acceptors (Lipinski definition) is 4. The van der Waals surface area contributed by atoms with Crippen molar-refractivity contribution in [2.75, 3.05) is 19.6 Å². The Hall–Kier alpha value is -2.50. The predicted octanol–water partition coefficient (Wildman–Crippen LogP) is 1.84. The molecule has 2 saturated heterocycles. The summed E-state index contributed by atoms with van der Waals surface area (Å²) in [6, 6.07) is 4.08. The summed E-state index contributed by atoms with van der Waals surface area (Å²) in [5.41, 5.74) is 1.27. The number of amides is 3. The average molecular weight is 391 g/mol. The third kappa shape index (κ3) is 2.54. The van der Waals surface area contributed by atoms with Crippen molar-refractivity contribution < 1.29 is 14.4 Å². The summed E-state index contributed by atoms with van der Waals surface area (Å²) in [6.45, 7) is 1.26. The molecule has 3 amide bonds. The van der Waals surface area contributed by atoms with Gasteiger partial charge in [0, 0.05) is 25.5 Å². The number of allylic oxidation sites excluding steroid dienone is 2. The van der Waals surface area contributed by atoms with Crippen molar-refractivity contribution in [2.45, 2.75) is 25.2 Å². The summed E-state index contributed by atoms with van der Waals surface area (Å²) < 4.78 is 0. The summed E-state index contributed by atoms with van der Waals surface area (Å²) in [5.74, 6) is 1.30. The number of imide groups is 1. The zero-order valence-corrected chi connectivity index (χ0v) is 16.3. The molecule has 0 spiro atoms. The smallest absolute Gasteiger partial charge is 0.242 e. The first-order chi connectivity index (χ1) is 14.1. The van der Waals surface area contributed by atoms with Crippen molar-refractivity contribution in [3.8, 4) is 0 Å². The highest BCUT2D eigenvalue weighted by molar-refractivity contribution is 6.08. The van der Waals surface area contributed by atoms with Crippen molar-refractivity contribution in [2.24, 2.45) is 35.5 Å². The Morgan fingerprint density at radius 1 is 0.966 bits per heavy atom. The number of hydrogen-bond donors (Lipinski definition) is 0. The van der Waals surface area contributed by atoms with E-state index in [1.165, 1.54) is 10.5 Å². The van der Waals surface area contributed by atoms with Crippen molar-refractivity contribution in [1.29, 1.82) is 0 Å². The molecule has 0 aromatic carbocycles. The lowest BCUT2D eigenvalue weighted by Crippen LogP contribution is -2.46. The van der Waals surface area contributed by atoms with Crippen LogP contribution in [0.4, 0.5) is 0 Å². The summed E-state index contributed by atoms with van der Waals surface area (Å²) in [6.07, 6.45) is 10.9. The van der Waals surface area contributed by atoms with Crippen LogP contribution in [0.15, 0.2) is 36.7 Å². The molecule has 2 aliphatic heterocycles. The van der Waals surface area contributed by atoms with E-state index in [1.807, 2.05) is 29.4 Å². The topological polar surface area (TPSA) is 70.6 Å².